The summed E-state index contributed by atoms with van der Waals surface area (Å²) in [5, 5.41) is 3.27. The number of hydrogen-bond acceptors (Lipinski definition) is 2. The molecule has 0 fully saturated rings. The fourth-order valence-electron chi connectivity index (χ4n) is 1.26. The molecule has 72 valence electrons. The summed E-state index contributed by atoms with van der Waals surface area (Å²) in [6, 6.07) is 0.141. The zero-order valence-electron chi connectivity index (χ0n) is 8.16. The van der Waals surface area contributed by atoms with Crippen LogP contribution in [0.1, 0.15) is 13.3 Å². The molecule has 0 radical (unpaired) electrons. The molecule has 2 atom stereocenters. The summed E-state index contributed by atoms with van der Waals surface area (Å²) in [7, 11) is 0. The van der Waals surface area contributed by atoms with E-state index >= 15 is 0 Å². The normalized spacial score (nSPS) is 26.0. The Morgan fingerprint density at radius 1 is 1.46 bits per heavy atom. The lowest BCUT2D eigenvalue weighted by atomic mass is 9.96. The fraction of sp³-hybridized carbons (Fsp3) is 0.455. The average Bonchev–Trinajstić information content (AvgIpc) is 2.16. The zero-order valence-corrected chi connectivity index (χ0v) is 8.16. The largest absolute Gasteiger partial charge is 0.388 e. The van der Waals surface area contributed by atoms with Gasteiger partial charge in [0.15, 0.2) is 0 Å². The van der Waals surface area contributed by atoms with Gasteiger partial charge in [0.2, 0.25) is 0 Å². The predicted octanol–water partition coefficient (Wildman–Crippen LogP) is 1.57. The van der Waals surface area contributed by atoms with Gasteiger partial charge >= 0.3 is 0 Å². The second kappa shape index (κ2) is 4.87. The van der Waals surface area contributed by atoms with Gasteiger partial charge in [-0.15, -0.1) is 0 Å². The number of rotatable bonds is 4. The Kier molecular flexibility index (Phi) is 3.77. The average molecular weight is 178 g/mol. The quantitative estimate of drug-likeness (QED) is 0.685. The van der Waals surface area contributed by atoms with Crippen molar-refractivity contribution in [3.8, 4) is 0 Å². The molecule has 0 saturated carbocycles. The highest BCUT2D eigenvalue weighted by Gasteiger charge is 2.13. The Labute approximate surface area is 80.2 Å². The minimum Gasteiger partial charge on any atom is -0.388 e. The van der Waals surface area contributed by atoms with Gasteiger partial charge in [0.1, 0.15) is 0 Å². The van der Waals surface area contributed by atoms with Crippen molar-refractivity contribution >= 4 is 0 Å². The van der Waals surface area contributed by atoms with E-state index in [0.717, 1.165) is 18.7 Å². The van der Waals surface area contributed by atoms with Crippen molar-refractivity contribution in [3.05, 3.63) is 36.6 Å². The first kappa shape index (κ1) is 10.1. The SMILES string of the molecule is C=C(CC)NCC1C=CC=CC1N. The highest BCUT2D eigenvalue weighted by molar-refractivity contribution is 5.17. The van der Waals surface area contributed by atoms with Crippen LogP contribution in [0.3, 0.4) is 0 Å². The number of nitrogens with one attached hydrogen (secondary N) is 1. The summed E-state index contributed by atoms with van der Waals surface area (Å²) in [5.41, 5.74) is 6.98. The van der Waals surface area contributed by atoms with Crippen molar-refractivity contribution in [3.63, 3.8) is 0 Å². The molecule has 2 unspecified atom stereocenters. The van der Waals surface area contributed by atoms with Crippen molar-refractivity contribution < 1.29 is 0 Å². The standard InChI is InChI=1S/C11H18N2/c1-3-9(2)13-8-10-6-4-5-7-11(10)12/h4-7,10-11,13H,2-3,8,12H2,1H3. The molecule has 0 aliphatic heterocycles. The number of hydrogen-bond donors (Lipinski definition) is 2. The lowest BCUT2D eigenvalue weighted by Crippen LogP contribution is -2.35. The smallest absolute Gasteiger partial charge is 0.0307 e. The maximum atomic E-state index is 5.90. The fourth-order valence-corrected chi connectivity index (χ4v) is 1.26. The van der Waals surface area contributed by atoms with Gasteiger partial charge in [-0.2, -0.15) is 0 Å². The van der Waals surface area contributed by atoms with Crippen LogP contribution in [0, 0.1) is 5.92 Å². The van der Waals surface area contributed by atoms with Gasteiger partial charge in [-0.3, -0.25) is 0 Å². The minimum absolute atomic E-state index is 0.141. The third-order valence-corrected chi connectivity index (χ3v) is 2.31. The lowest BCUT2D eigenvalue weighted by molar-refractivity contribution is 0.535. The van der Waals surface area contributed by atoms with Crippen LogP contribution in [0.4, 0.5) is 0 Å². The summed E-state index contributed by atoms with van der Waals surface area (Å²) in [5.74, 6) is 0.397. The topological polar surface area (TPSA) is 38.0 Å². The third-order valence-electron chi connectivity index (χ3n) is 2.31. The number of allylic oxidation sites excluding steroid dienone is 3. The molecule has 0 aromatic rings. The van der Waals surface area contributed by atoms with Gasteiger partial charge in [0.25, 0.3) is 0 Å². The van der Waals surface area contributed by atoms with E-state index in [9.17, 15) is 0 Å². The van der Waals surface area contributed by atoms with Crippen LogP contribution in [0.15, 0.2) is 36.6 Å². The summed E-state index contributed by atoms with van der Waals surface area (Å²) >= 11 is 0. The highest BCUT2D eigenvalue weighted by Crippen LogP contribution is 2.09. The Hall–Kier alpha value is -1.02. The summed E-state index contributed by atoms with van der Waals surface area (Å²) in [4.78, 5) is 0. The van der Waals surface area contributed by atoms with E-state index < -0.39 is 0 Å². The zero-order chi connectivity index (χ0) is 9.68. The Balaban J connectivity index is 2.33. The van der Waals surface area contributed by atoms with Crippen LogP contribution in [0.25, 0.3) is 0 Å². The predicted molar refractivity (Wildman–Crippen MR) is 57.2 cm³/mol. The van der Waals surface area contributed by atoms with E-state index in [2.05, 4.69) is 24.9 Å². The van der Waals surface area contributed by atoms with Crippen LogP contribution >= 0.6 is 0 Å². The third kappa shape index (κ3) is 3.07. The first-order valence-electron chi connectivity index (χ1n) is 4.76. The first-order valence-corrected chi connectivity index (χ1v) is 4.76. The summed E-state index contributed by atoms with van der Waals surface area (Å²) in [6.45, 7) is 6.86. The minimum atomic E-state index is 0.141. The van der Waals surface area contributed by atoms with Crippen molar-refractivity contribution in [1.29, 1.82) is 0 Å². The molecule has 0 bridgehead atoms. The maximum Gasteiger partial charge on any atom is 0.0307 e. The van der Waals surface area contributed by atoms with Crippen LogP contribution in [0.2, 0.25) is 0 Å². The number of nitrogens with two attached hydrogens (primary N) is 1. The molecule has 0 amide bonds. The van der Waals surface area contributed by atoms with Gasteiger partial charge in [-0.1, -0.05) is 37.8 Å². The van der Waals surface area contributed by atoms with Crippen molar-refractivity contribution in [1.82, 2.24) is 5.32 Å². The molecular weight excluding hydrogens is 160 g/mol. The van der Waals surface area contributed by atoms with E-state index in [-0.39, 0.29) is 6.04 Å². The monoisotopic (exact) mass is 178 g/mol. The van der Waals surface area contributed by atoms with Gasteiger partial charge in [-0.25, -0.2) is 0 Å². The molecule has 2 nitrogen and oxygen atoms in total. The Morgan fingerprint density at radius 2 is 2.15 bits per heavy atom. The molecular formula is C11H18N2. The molecule has 0 aromatic heterocycles. The Morgan fingerprint density at radius 3 is 2.77 bits per heavy atom. The summed E-state index contributed by atoms with van der Waals surface area (Å²) < 4.78 is 0. The molecule has 1 aliphatic rings. The lowest BCUT2D eigenvalue weighted by Gasteiger charge is -2.21. The van der Waals surface area contributed by atoms with Gasteiger partial charge in [0.05, 0.1) is 0 Å². The molecule has 13 heavy (non-hydrogen) atoms. The van der Waals surface area contributed by atoms with Crippen LogP contribution < -0.4 is 11.1 Å². The van der Waals surface area contributed by atoms with Crippen LogP contribution in [-0.4, -0.2) is 12.6 Å². The second-order valence-electron chi connectivity index (χ2n) is 3.35. The molecule has 0 aromatic carbocycles. The van der Waals surface area contributed by atoms with Gasteiger partial charge in [-0.05, 0) is 6.42 Å². The van der Waals surface area contributed by atoms with Crippen molar-refractivity contribution in [2.24, 2.45) is 11.7 Å². The maximum absolute atomic E-state index is 5.90. The van der Waals surface area contributed by atoms with E-state index in [0.29, 0.717) is 5.92 Å². The van der Waals surface area contributed by atoms with E-state index in [1.165, 1.54) is 0 Å². The Bertz CT molecular complexity index is 228. The van der Waals surface area contributed by atoms with Crippen LogP contribution in [0.5, 0.6) is 0 Å². The molecule has 1 aliphatic carbocycles. The summed E-state index contributed by atoms with van der Waals surface area (Å²) in [6.07, 6.45) is 9.18. The first-order chi connectivity index (χ1) is 6.24. The van der Waals surface area contributed by atoms with Crippen molar-refractivity contribution in [2.75, 3.05) is 6.54 Å². The molecule has 0 heterocycles. The highest BCUT2D eigenvalue weighted by atomic mass is 14.9. The molecule has 2 heteroatoms. The van der Waals surface area contributed by atoms with E-state index in [4.69, 9.17) is 5.73 Å². The van der Waals surface area contributed by atoms with Crippen molar-refractivity contribution in [2.45, 2.75) is 19.4 Å². The van der Waals surface area contributed by atoms with Gasteiger partial charge < -0.3 is 11.1 Å². The van der Waals surface area contributed by atoms with Gasteiger partial charge in [0, 0.05) is 24.2 Å². The van der Waals surface area contributed by atoms with Crippen LogP contribution in [-0.2, 0) is 0 Å². The van der Waals surface area contributed by atoms with E-state index in [1.54, 1.807) is 0 Å². The molecule has 0 saturated heterocycles. The molecule has 0 spiro atoms. The molecule has 1 rings (SSSR count). The second-order valence-corrected chi connectivity index (χ2v) is 3.35. The van der Waals surface area contributed by atoms with E-state index in [1.807, 2.05) is 18.2 Å². The molecule has 3 N–H and O–H groups in total.